The van der Waals surface area contributed by atoms with Gasteiger partial charge in [0.25, 0.3) is 0 Å². The molecule has 2 rings (SSSR count). The summed E-state index contributed by atoms with van der Waals surface area (Å²) in [7, 11) is 0. The SMILES string of the molecule is C=C(C)/C(=C\Cc1ccccc1Cl)NC(C)c1cc(F)ccc1NCCC. The molecule has 0 saturated heterocycles. The summed E-state index contributed by atoms with van der Waals surface area (Å²) in [6.07, 6.45) is 3.79. The molecule has 0 amide bonds. The zero-order chi connectivity index (χ0) is 19.8. The summed E-state index contributed by atoms with van der Waals surface area (Å²) in [4.78, 5) is 0. The average molecular weight is 387 g/mol. The molecule has 0 spiro atoms. The van der Waals surface area contributed by atoms with Crippen LogP contribution in [0, 0.1) is 5.82 Å². The van der Waals surface area contributed by atoms with E-state index in [0.717, 1.165) is 46.1 Å². The Morgan fingerprint density at radius 1 is 1.26 bits per heavy atom. The Hall–Kier alpha value is -2.26. The number of allylic oxidation sites excluding steroid dienone is 2. The second kappa shape index (κ2) is 10.2. The highest BCUT2D eigenvalue weighted by Gasteiger charge is 2.13. The second-order valence-corrected chi connectivity index (χ2v) is 7.13. The van der Waals surface area contributed by atoms with Gasteiger partial charge >= 0.3 is 0 Å². The lowest BCUT2D eigenvalue weighted by Gasteiger charge is -2.22. The molecule has 0 saturated carbocycles. The Kier molecular flexibility index (Phi) is 7.93. The van der Waals surface area contributed by atoms with E-state index < -0.39 is 0 Å². The number of rotatable bonds is 9. The molecule has 0 bridgehead atoms. The first-order valence-electron chi connectivity index (χ1n) is 9.31. The molecule has 2 aromatic rings. The standard InChI is InChI=1S/C23H28ClFN2/c1-5-14-26-23-13-11-19(25)15-20(23)17(4)27-22(16(2)3)12-10-18-8-6-7-9-21(18)24/h6-9,11-13,15,17,26-27H,2,5,10,14H2,1,3-4H3/b22-12+. The van der Waals surface area contributed by atoms with Crippen molar-refractivity contribution >= 4 is 17.3 Å². The minimum Gasteiger partial charge on any atom is -0.385 e. The topological polar surface area (TPSA) is 24.1 Å². The van der Waals surface area contributed by atoms with E-state index in [1.54, 1.807) is 12.1 Å². The van der Waals surface area contributed by atoms with Gasteiger partial charge in [-0.25, -0.2) is 4.39 Å². The van der Waals surface area contributed by atoms with Crippen LogP contribution in [-0.2, 0) is 6.42 Å². The number of halogens is 2. The third-order valence-electron chi connectivity index (χ3n) is 4.36. The van der Waals surface area contributed by atoms with Crippen molar-refractivity contribution in [2.24, 2.45) is 0 Å². The Morgan fingerprint density at radius 2 is 2.00 bits per heavy atom. The summed E-state index contributed by atoms with van der Waals surface area (Å²) >= 11 is 6.25. The fourth-order valence-corrected chi connectivity index (χ4v) is 3.07. The first kappa shape index (κ1) is 21.0. The van der Waals surface area contributed by atoms with E-state index in [2.05, 4.69) is 30.2 Å². The molecule has 0 fully saturated rings. The molecule has 0 aliphatic heterocycles. The van der Waals surface area contributed by atoms with Crippen LogP contribution >= 0.6 is 11.6 Å². The van der Waals surface area contributed by atoms with Crippen molar-refractivity contribution in [1.82, 2.24) is 5.32 Å². The summed E-state index contributed by atoms with van der Waals surface area (Å²) in [5, 5.41) is 7.60. The molecule has 1 unspecified atom stereocenters. The maximum atomic E-state index is 13.8. The van der Waals surface area contributed by atoms with Gasteiger partial charge in [-0.15, -0.1) is 0 Å². The van der Waals surface area contributed by atoms with Crippen LogP contribution in [0.25, 0.3) is 0 Å². The monoisotopic (exact) mass is 386 g/mol. The van der Waals surface area contributed by atoms with Crippen molar-refractivity contribution in [1.29, 1.82) is 0 Å². The molecule has 27 heavy (non-hydrogen) atoms. The lowest BCUT2D eigenvalue weighted by Crippen LogP contribution is -2.20. The predicted octanol–water partition coefficient (Wildman–Crippen LogP) is 6.65. The summed E-state index contributed by atoms with van der Waals surface area (Å²) in [5.74, 6) is -0.238. The van der Waals surface area contributed by atoms with Gasteiger partial charge < -0.3 is 10.6 Å². The maximum absolute atomic E-state index is 13.8. The van der Waals surface area contributed by atoms with Gasteiger partial charge in [-0.1, -0.05) is 49.4 Å². The molecule has 0 aliphatic carbocycles. The highest BCUT2D eigenvalue weighted by Crippen LogP contribution is 2.26. The van der Waals surface area contributed by atoms with Crippen molar-refractivity contribution in [3.8, 4) is 0 Å². The van der Waals surface area contributed by atoms with Crippen LogP contribution in [-0.4, -0.2) is 6.54 Å². The Labute approximate surface area is 167 Å². The number of benzene rings is 2. The van der Waals surface area contributed by atoms with Gasteiger partial charge in [0.2, 0.25) is 0 Å². The van der Waals surface area contributed by atoms with E-state index in [0.29, 0.717) is 6.42 Å². The van der Waals surface area contributed by atoms with E-state index in [9.17, 15) is 4.39 Å². The summed E-state index contributed by atoms with van der Waals surface area (Å²) < 4.78 is 13.8. The average Bonchev–Trinajstić information content (AvgIpc) is 2.64. The van der Waals surface area contributed by atoms with Crippen LogP contribution in [0.15, 0.2) is 66.4 Å². The van der Waals surface area contributed by atoms with Crippen LogP contribution in [0.3, 0.4) is 0 Å². The first-order chi connectivity index (χ1) is 12.9. The van der Waals surface area contributed by atoms with Crippen LogP contribution < -0.4 is 10.6 Å². The number of hydrogen-bond acceptors (Lipinski definition) is 2. The first-order valence-corrected chi connectivity index (χ1v) is 9.69. The maximum Gasteiger partial charge on any atom is 0.123 e. The highest BCUT2D eigenvalue weighted by molar-refractivity contribution is 6.31. The molecule has 0 radical (unpaired) electrons. The quantitative estimate of drug-likeness (QED) is 0.471. The second-order valence-electron chi connectivity index (χ2n) is 6.72. The fraction of sp³-hybridized carbons (Fsp3) is 0.304. The van der Waals surface area contributed by atoms with Crippen molar-refractivity contribution in [3.05, 3.63) is 88.4 Å². The van der Waals surface area contributed by atoms with Gasteiger partial charge in [-0.2, -0.15) is 0 Å². The van der Waals surface area contributed by atoms with Crippen LogP contribution in [0.2, 0.25) is 5.02 Å². The molecule has 2 N–H and O–H groups in total. The number of anilines is 1. The van der Waals surface area contributed by atoms with Gasteiger partial charge in [-0.05, 0) is 62.1 Å². The zero-order valence-electron chi connectivity index (χ0n) is 16.3. The van der Waals surface area contributed by atoms with Crippen molar-refractivity contribution in [2.75, 3.05) is 11.9 Å². The van der Waals surface area contributed by atoms with Gasteiger partial charge in [-0.3, -0.25) is 0 Å². The molecule has 0 heterocycles. The Balaban J connectivity index is 2.21. The smallest absolute Gasteiger partial charge is 0.123 e. The van der Waals surface area contributed by atoms with Gasteiger partial charge in [0.1, 0.15) is 5.82 Å². The van der Waals surface area contributed by atoms with Crippen LogP contribution in [0.4, 0.5) is 10.1 Å². The van der Waals surface area contributed by atoms with E-state index in [1.165, 1.54) is 6.07 Å². The minimum absolute atomic E-state index is 0.0748. The molecule has 0 aromatic heterocycles. The van der Waals surface area contributed by atoms with Gasteiger partial charge in [0, 0.05) is 28.5 Å². The van der Waals surface area contributed by atoms with Crippen molar-refractivity contribution in [2.45, 2.75) is 39.7 Å². The van der Waals surface area contributed by atoms with E-state index in [4.69, 9.17) is 11.6 Å². The third-order valence-corrected chi connectivity index (χ3v) is 4.73. The van der Waals surface area contributed by atoms with Gasteiger partial charge in [0.15, 0.2) is 0 Å². The molecule has 2 aromatic carbocycles. The Bertz CT molecular complexity index is 814. The van der Waals surface area contributed by atoms with Crippen LogP contribution in [0.5, 0.6) is 0 Å². The molecular weight excluding hydrogens is 359 g/mol. The van der Waals surface area contributed by atoms with Crippen LogP contribution in [0.1, 0.15) is 44.4 Å². The fourth-order valence-electron chi connectivity index (χ4n) is 2.86. The van der Waals surface area contributed by atoms with Crippen molar-refractivity contribution < 1.29 is 4.39 Å². The molecule has 4 heteroatoms. The zero-order valence-corrected chi connectivity index (χ0v) is 17.0. The van der Waals surface area contributed by atoms with Crippen molar-refractivity contribution in [3.63, 3.8) is 0 Å². The lowest BCUT2D eigenvalue weighted by atomic mass is 10.0. The molecule has 144 valence electrons. The minimum atomic E-state index is -0.238. The summed E-state index contributed by atoms with van der Waals surface area (Å²) in [5.41, 5.74) is 4.77. The molecule has 1 atom stereocenters. The molecular formula is C23H28ClFN2. The highest BCUT2D eigenvalue weighted by atomic mass is 35.5. The Morgan fingerprint density at radius 3 is 2.67 bits per heavy atom. The molecule has 0 aliphatic rings. The third kappa shape index (κ3) is 6.14. The number of hydrogen-bond donors (Lipinski definition) is 2. The lowest BCUT2D eigenvalue weighted by molar-refractivity contribution is 0.610. The largest absolute Gasteiger partial charge is 0.385 e. The predicted molar refractivity (Wildman–Crippen MR) is 115 cm³/mol. The van der Waals surface area contributed by atoms with E-state index >= 15 is 0 Å². The summed E-state index contributed by atoms with van der Waals surface area (Å²) in [6.45, 7) is 11.0. The number of nitrogens with one attached hydrogen (secondary N) is 2. The molecule has 2 nitrogen and oxygen atoms in total. The van der Waals surface area contributed by atoms with Gasteiger partial charge in [0.05, 0.1) is 6.04 Å². The van der Waals surface area contributed by atoms with E-state index in [-0.39, 0.29) is 11.9 Å². The van der Waals surface area contributed by atoms with E-state index in [1.807, 2.05) is 38.1 Å². The summed E-state index contributed by atoms with van der Waals surface area (Å²) in [6, 6.07) is 12.6. The normalized spacial score (nSPS) is 12.6.